The Morgan fingerprint density at radius 3 is 0.793 bits per heavy atom. The van der Waals surface area contributed by atoms with E-state index in [1.54, 1.807) is 0 Å². The Kier molecular flexibility index (Phi) is 18.6. The van der Waals surface area contributed by atoms with Gasteiger partial charge in [0.25, 0.3) is 0 Å². The van der Waals surface area contributed by atoms with Crippen molar-refractivity contribution in [2.24, 2.45) is 0 Å². The minimum absolute atomic E-state index is 0.601. The van der Waals surface area contributed by atoms with E-state index in [1.807, 2.05) is 115 Å². The van der Waals surface area contributed by atoms with Gasteiger partial charge in [0.1, 0.15) is 12.1 Å². The number of nitriles is 5. The average Bonchev–Trinajstić information content (AvgIpc) is 1.54. The quantitative estimate of drug-likeness (QED) is 0.140. The van der Waals surface area contributed by atoms with Gasteiger partial charge in [-0.1, -0.05) is 255 Å². The molecule has 0 bridgehead atoms. The molecule has 30 rings (SSSR count). The summed E-state index contributed by atoms with van der Waals surface area (Å²) in [5.74, 6) is 0. The molecule has 9 aromatic heterocycles. The van der Waals surface area contributed by atoms with Gasteiger partial charge in [0.05, 0.1) is 151 Å². The molecular formula is C131H76N14. The fraction of sp³-hybridized carbons (Fsp3) is 0. The van der Waals surface area contributed by atoms with Crippen LogP contribution in [0.2, 0.25) is 0 Å². The fourth-order valence-electron chi connectivity index (χ4n) is 23.6. The van der Waals surface area contributed by atoms with Gasteiger partial charge < -0.3 is 41.1 Å². The van der Waals surface area contributed by atoms with Crippen molar-refractivity contribution in [2.75, 3.05) is 0 Å². The van der Waals surface area contributed by atoms with Crippen molar-refractivity contribution in [3.63, 3.8) is 0 Å². The number of hydrogen-bond acceptors (Lipinski definition) is 5. The zero-order valence-electron chi connectivity index (χ0n) is 77.6. The largest absolute Gasteiger partial charge is 0.309 e. The standard InChI is InChI=1S/2C44H25N5.C43H26N4/c45-26-28-13-7-10-20-36(28)49-38-22-12-8-18-33(38)40-39(49)24-23-32-35-25-29(27-46)42-41(44(35)48(43(32)40)31-16-5-2-6-17-31)34-19-9-11-21-37(34)47(42)30-14-3-1-4-15-30;45-26-28-10-9-15-32(24-28)49-43-33(20-22-38-41(43)35-16-7-8-17-37(35)47(38)30-11-3-1-4-12-30)34-21-23-39-42(44(34)49)36-19-18-29(27-46)25-40(36)48(39)31-13-5-2-6-14-31;44-27-28-19-21-31(22-20-28)47-42-32(23-25-38-40(42)34-15-7-9-17-36(34)45(38)29-11-3-1-4-12-29)33-24-26-39-41(43(33)47)35-16-8-10-18-37(35)46(39)30-13-5-2-6-14-30/h2*1-25H;1-26H. The van der Waals surface area contributed by atoms with Crippen LogP contribution in [0.25, 0.3) is 247 Å². The highest BCUT2D eigenvalue weighted by Gasteiger charge is 2.32. The Bertz CT molecular complexity index is 10800. The lowest BCUT2D eigenvalue weighted by Gasteiger charge is -2.12. The van der Waals surface area contributed by atoms with E-state index in [4.69, 9.17) is 0 Å². The maximum absolute atomic E-state index is 10.8. The zero-order valence-corrected chi connectivity index (χ0v) is 77.6. The molecular weight excluding hydrogens is 1770 g/mol. The van der Waals surface area contributed by atoms with Crippen molar-refractivity contribution in [3.8, 4) is 81.5 Å². The predicted molar refractivity (Wildman–Crippen MR) is 592 cm³/mol. The molecule has 0 saturated carbocycles. The van der Waals surface area contributed by atoms with E-state index in [9.17, 15) is 26.3 Å². The molecule has 0 atom stereocenters. The molecule has 30 aromatic rings. The summed E-state index contributed by atoms with van der Waals surface area (Å²) in [6.07, 6.45) is 0. The second-order valence-corrected chi connectivity index (χ2v) is 36.8. The molecule has 0 aliphatic rings. The summed E-state index contributed by atoms with van der Waals surface area (Å²) in [7, 11) is 0. The third-order valence-corrected chi connectivity index (χ3v) is 29.4. The Hall–Kier alpha value is -20.7. The third kappa shape index (κ3) is 12.2. The van der Waals surface area contributed by atoms with E-state index < -0.39 is 0 Å². The van der Waals surface area contributed by atoms with Crippen LogP contribution >= 0.6 is 0 Å². The average molecular weight is 1850 g/mol. The van der Waals surface area contributed by atoms with Crippen LogP contribution in [0, 0.1) is 56.7 Å². The molecule has 9 heterocycles. The first kappa shape index (κ1) is 82.5. The van der Waals surface area contributed by atoms with Crippen molar-refractivity contribution >= 4 is 196 Å². The van der Waals surface area contributed by atoms with Gasteiger partial charge in [0.15, 0.2) is 0 Å². The number of hydrogen-bond donors (Lipinski definition) is 0. The van der Waals surface area contributed by atoms with Gasteiger partial charge in [0.2, 0.25) is 0 Å². The lowest BCUT2D eigenvalue weighted by molar-refractivity contribution is 1.16. The minimum atomic E-state index is 0.601. The van der Waals surface area contributed by atoms with Crippen LogP contribution in [-0.4, -0.2) is 41.1 Å². The Balaban J connectivity index is 0.000000106. The summed E-state index contributed by atoms with van der Waals surface area (Å²) in [5.41, 5.74) is 31.8. The number of benzene rings is 21. The first-order valence-electron chi connectivity index (χ1n) is 48.3. The first-order valence-corrected chi connectivity index (χ1v) is 48.3. The summed E-state index contributed by atoms with van der Waals surface area (Å²) >= 11 is 0. The van der Waals surface area contributed by atoms with Gasteiger partial charge in [0, 0.05) is 142 Å². The normalized spacial score (nSPS) is 11.7. The number of nitrogens with zero attached hydrogens (tertiary/aromatic N) is 14. The van der Waals surface area contributed by atoms with Crippen molar-refractivity contribution in [1.29, 1.82) is 26.3 Å². The van der Waals surface area contributed by atoms with Crippen LogP contribution in [0.5, 0.6) is 0 Å². The van der Waals surface area contributed by atoms with E-state index in [0.29, 0.717) is 27.8 Å². The Labute approximate surface area is 828 Å². The summed E-state index contributed by atoms with van der Waals surface area (Å²) in [6.45, 7) is 0. The monoisotopic (exact) mass is 1840 g/mol. The van der Waals surface area contributed by atoms with E-state index in [-0.39, 0.29) is 0 Å². The molecule has 0 radical (unpaired) electrons. The number of rotatable bonds is 9. The van der Waals surface area contributed by atoms with Crippen LogP contribution in [0.4, 0.5) is 0 Å². The molecule has 0 unspecified atom stereocenters. The lowest BCUT2D eigenvalue weighted by atomic mass is 10.0. The van der Waals surface area contributed by atoms with Gasteiger partial charge >= 0.3 is 0 Å². The van der Waals surface area contributed by atoms with E-state index in [2.05, 4.69) is 417 Å². The highest BCUT2D eigenvalue weighted by Crippen LogP contribution is 2.53. The van der Waals surface area contributed by atoms with Gasteiger partial charge in [-0.2, -0.15) is 26.3 Å². The summed E-state index contributed by atoms with van der Waals surface area (Å²) < 4.78 is 21.0. The number of aromatic nitrogens is 9. The maximum atomic E-state index is 10.8. The van der Waals surface area contributed by atoms with E-state index in [1.165, 1.54) is 43.4 Å². The first-order chi connectivity index (χ1) is 71.8. The van der Waals surface area contributed by atoms with Crippen LogP contribution in [0.1, 0.15) is 27.8 Å². The second kappa shape index (κ2) is 32.7. The molecule has 0 spiro atoms. The predicted octanol–water partition coefficient (Wildman–Crippen LogP) is 32.3. The van der Waals surface area contributed by atoms with Crippen molar-refractivity contribution < 1.29 is 0 Å². The number of fused-ring (bicyclic) bond motifs is 33. The zero-order chi connectivity index (χ0) is 96.3. The van der Waals surface area contributed by atoms with Gasteiger partial charge in [-0.25, -0.2) is 0 Å². The smallest absolute Gasteiger partial charge is 0.101 e. The van der Waals surface area contributed by atoms with E-state index >= 15 is 0 Å². The highest BCUT2D eigenvalue weighted by molar-refractivity contribution is 6.36. The molecule has 14 heteroatoms. The van der Waals surface area contributed by atoms with Gasteiger partial charge in [-0.3, -0.25) is 0 Å². The van der Waals surface area contributed by atoms with Crippen molar-refractivity contribution in [3.05, 3.63) is 489 Å². The van der Waals surface area contributed by atoms with Crippen LogP contribution in [-0.2, 0) is 0 Å². The lowest BCUT2D eigenvalue weighted by Crippen LogP contribution is -1.98. The van der Waals surface area contributed by atoms with Crippen molar-refractivity contribution in [2.45, 2.75) is 0 Å². The van der Waals surface area contributed by atoms with Crippen LogP contribution < -0.4 is 0 Å². The maximum Gasteiger partial charge on any atom is 0.101 e. The van der Waals surface area contributed by atoms with Gasteiger partial charge in [-0.05, 0) is 206 Å². The molecule has 0 amide bonds. The molecule has 0 aliphatic heterocycles. The summed E-state index contributed by atoms with van der Waals surface area (Å²) in [6, 6.07) is 172. The minimum Gasteiger partial charge on any atom is -0.309 e. The molecule has 0 N–H and O–H groups in total. The molecule has 0 saturated heterocycles. The number of para-hydroxylation sites is 12. The third-order valence-electron chi connectivity index (χ3n) is 29.4. The Morgan fingerprint density at radius 1 is 0.131 bits per heavy atom. The molecule has 145 heavy (non-hydrogen) atoms. The van der Waals surface area contributed by atoms with Crippen LogP contribution in [0.3, 0.4) is 0 Å². The van der Waals surface area contributed by atoms with Crippen molar-refractivity contribution in [1.82, 2.24) is 41.1 Å². The van der Waals surface area contributed by atoms with Gasteiger partial charge in [-0.15, -0.1) is 0 Å². The Morgan fingerprint density at radius 2 is 0.400 bits per heavy atom. The molecule has 670 valence electrons. The second-order valence-electron chi connectivity index (χ2n) is 36.8. The molecule has 0 fully saturated rings. The molecule has 14 nitrogen and oxygen atoms in total. The SMILES string of the molecule is N#Cc1ccc(-n2c3c(ccc4c3c3ccccc3n4-c3ccccc3)c3ccc4c(c5ccccc5n4-c4ccccc4)c32)cc1.N#Cc1cccc(-n2c3c(ccc4c3c3ccccc3n4-c3ccccc3)c3ccc4c(c5ccc(C#N)cc5n4-c4ccccc4)c32)c1.N#Cc1ccccc1-n1c2ccccc2c2c1ccc1c3cc(C#N)c4c(c5ccccc5n4-c4ccccc4)c3n(-c3ccccc3)c12. The fourth-order valence-corrected chi connectivity index (χ4v) is 23.6. The van der Waals surface area contributed by atoms with E-state index in [0.717, 1.165) is 204 Å². The molecule has 21 aromatic carbocycles. The topological polar surface area (TPSA) is 163 Å². The molecule has 0 aliphatic carbocycles. The highest BCUT2D eigenvalue weighted by atomic mass is 15.1. The summed E-state index contributed by atoms with van der Waals surface area (Å²) in [4.78, 5) is 0. The summed E-state index contributed by atoms with van der Waals surface area (Å²) in [5, 5.41) is 70.9. The van der Waals surface area contributed by atoms with Crippen LogP contribution in [0.15, 0.2) is 461 Å².